The van der Waals surface area contributed by atoms with Gasteiger partial charge in [-0.1, -0.05) is 18.2 Å². The van der Waals surface area contributed by atoms with E-state index in [4.69, 9.17) is 5.73 Å². The third kappa shape index (κ3) is 1.90. The van der Waals surface area contributed by atoms with Crippen molar-refractivity contribution in [2.75, 3.05) is 19.0 Å². The van der Waals surface area contributed by atoms with E-state index in [0.717, 1.165) is 6.42 Å². The summed E-state index contributed by atoms with van der Waals surface area (Å²) in [6.45, 7) is 0. The van der Waals surface area contributed by atoms with Gasteiger partial charge in [-0.3, -0.25) is 0 Å². The maximum atomic E-state index is 6.13. The van der Waals surface area contributed by atoms with E-state index in [9.17, 15) is 0 Å². The van der Waals surface area contributed by atoms with Crippen LogP contribution in [0.25, 0.3) is 0 Å². The molecule has 2 heteroatoms. The normalized spacial score (nSPS) is 17.9. The van der Waals surface area contributed by atoms with Crippen LogP contribution >= 0.6 is 0 Å². The van der Waals surface area contributed by atoms with Gasteiger partial charge < -0.3 is 10.6 Å². The molecule has 2 nitrogen and oxygen atoms in total. The Kier molecular flexibility index (Phi) is 2.23. The Labute approximate surface area is 85.7 Å². The highest BCUT2D eigenvalue weighted by Gasteiger charge is 2.38. The molecule has 14 heavy (non-hydrogen) atoms. The van der Waals surface area contributed by atoms with Gasteiger partial charge in [0.25, 0.3) is 0 Å². The smallest absolute Gasteiger partial charge is 0.0394 e. The molecule has 0 radical (unpaired) electrons. The second-order valence-corrected chi connectivity index (χ2v) is 4.56. The van der Waals surface area contributed by atoms with E-state index < -0.39 is 0 Å². The van der Waals surface area contributed by atoms with Gasteiger partial charge >= 0.3 is 0 Å². The Morgan fingerprint density at radius 3 is 2.50 bits per heavy atom. The molecule has 2 N–H and O–H groups in total. The van der Waals surface area contributed by atoms with Gasteiger partial charge in [-0.15, -0.1) is 0 Å². The molecule has 0 bridgehead atoms. The first-order chi connectivity index (χ1) is 6.61. The van der Waals surface area contributed by atoms with Gasteiger partial charge in [0.2, 0.25) is 0 Å². The van der Waals surface area contributed by atoms with Crippen molar-refractivity contribution >= 4 is 5.69 Å². The molecule has 0 amide bonds. The number of anilines is 1. The lowest BCUT2D eigenvalue weighted by molar-refractivity contribution is 0.671. The van der Waals surface area contributed by atoms with Crippen molar-refractivity contribution in [1.29, 1.82) is 0 Å². The monoisotopic (exact) mass is 190 g/mol. The molecule has 1 aliphatic rings. The SMILES string of the molecule is CN(C)c1ccccc1CC1(N)CC1. The lowest BCUT2D eigenvalue weighted by Crippen LogP contribution is -2.25. The zero-order valence-corrected chi connectivity index (χ0v) is 8.96. The van der Waals surface area contributed by atoms with Gasteiger partial charge in [0, 0.05) is 25.3 Å². The highest BCUT2D eigenvalue weighted by atomic mass is 15.1. The number of rotatable bonds is 3. The molecule has 0 heterocycles. The number of nitrogens with zero attached hydrogens (tertiary/aromatic N) is 1. The Morgan fingerprint density at radius 1 is 1.29 bits per heavy atom. The molecular weight excluding hydrogens is 172 g/mol. The van der Waals surface area contributed by atoms with Crippen LogP contribution in [-0.4, -0.2) is 19.6 Å². The summed E-state index contributed by atoms with van der Waals surface area (Å²) in [5, 5.41) is 0. The molecule has 0 unspecified atom stereocenters. The molecular formula is C12H18N2. The van der Waals surface area contributed by atoms with Crippen LogP contribution in [0.3, 0.4) is 0 Å². The first-order valence-corrected chi connectivity index (χ1v) is 5.15. The highest BCUT2D eigenvalue weighted by molar-refractivity contribution is 5.53. The first-order valence-electron chi connectivity index (χ1n) is 5.15. The van der Waals surface area contributed by atoms with E-state index >= 15 is 0 Å². The van der Waals surface area contributed by atoms with Crippen molar-refractivity contribution in [3.05, 3.63) is 29.8 Å². The largest absolute Gasteiger partial charge is 0.377 e. The summed E-state index contributed by atoms with van der Waals surface area (Å²) in [4.78, 5) is 2.15. The van der Waals surface area contributed by atoms with Crippen LogP contribution in [0.2, 0.25) is 0 Å². The second kappa shape index (κ2) is 3.28. The summed E-state index contributed by atoms with van der Waals surface area (Å²) in [5.74, 6) is 0. The van der Waals surface area contributed by atoms with Gasteiger partial charge in [0.15, 0.2) is 0 Å². The molecule has 1 aromatic carbocycles. The van der Waals surface area contributed by atoms with Gasteiger partial charge in [0.1, 0.15) is 0 Å². The van der Waals surface area contributed by atoms with Crippen molar-refractivity contribution in [2.45, 2.75) is 24.8 Å². The standard InChI is InChI=1S/C12H18N2/c1-14(2)11-6-4-3-5-10(11)9-12(13)7-8-12/h3-6H,7-9,13H2,1-2H3. The Balaban J connectivity index is 2.23. The van der Waals surface area contributed by atoms with E-state index in [1.807, 2.05) is 0 Å². The van der Waals surface area contributed by atoms with E-state index in [2.05, 4.69) is 43.3 Å². The molecule has 1 aromatic rings. The minimum atomic E-state index is 0.103. The molecule has 0 saturated heterocycles. The summed E-state index contributed by atoms with van der Waals surface area (Å²) in [6, 6.07) is 8.51. The number of hydrogen-bond acceptors (Lipinski definition) is 2. The van der Waals surface area contributed by atoms with Gasteiger partial charge in [-0.25, -0.2) is 0 Å². The number of hydrogen-bond donors (Lipinski definition) is 1. The van der Waals surface area contributed by atoms with Crippen LogP contribution in [0.5, 0.6) is 0 Å². The summed E-state index contributed by atoms with van der Waals surface area (Å²) >= 11 is 0. The molecule has 1 saturated carbocycles. The number of nitrogens with two attached hydrogens (primary N) is 1. The van der Waals surface area contributed by atoms with Crippen molar-refractivity contribution in [1.82, 2.24) is 0 Å². The van der Waals surface area contributed by atoms with Crippen LogP contribution in [-0.2, 0) is 6.42 Å². The fraction of sp³-hybridized carbons (Fsp3) is 0.500. The zero-order valence-electron chi connectivity index (χ0n) is 8.96. The molecule has 0 aromatic heterocycles. The molecule has 0 aliphatic heterocycles. The van der Waals surface area contributed by atoms with Crippen molar-refractivity contribution in [2.24, 2.45) is 5.73 Å². The van der Waals surface area contributed by atoms with Crippen LogP contribution < -0.4 is 10.6 Å². The average Bonchev–Trinajstić information content (AvgIpc) is 2.84. The van der Waals surface area contributed by atoms with Gasteiger partial charge in [0.05, 0.1) is 0 Å². The minimum absolute atomic E-state index is 0.103. The van der Waals surface area contributed by atoms with Crippen molar-refractivity contribution in [3.8, 4) is 0 Å². The maximum absolute atomic E-state index is 6.13. The number of benzene rings is 1. The fourth-order valence-electron chi connectivity index (χ4n) is 1.81. The maximum Gasteiger partial charge on any atom is 0.0394 e. The predicted octanol–water partition coefficient (Wildman–Crippen LogP) is 1.79. The fourth-order valence-corrected chi connectivity index (χ4v) is 1.81. The lowest BCUT2D eigenvalue weighted by Gasteiger charge is -2.19. The molecule has 1 aliphatic carbocycles. The average molecular weight is 190 g/mol. The van der Waals surface area contributed by atoms with E-state index in [1.54, 1.807) is 0 Å². The van der Waals surface area contributed by atoms with Crippen LogP contribution in [0.1, 0.15) is 18.4 Å². The first kappa shape index (κ1) is 9.53. The summed E-state index contributed by atoms with van der Waals surface area (Å²) in [6.07, 6.45) is 3.37. The highest BCUT2D eigenvalue weighted by Crippen LogP contribution is 2.37. The second-order valence-electron chi connectivity index (χ2n) is 4.56. The third-order valence-corrected chi connectivity index (χ3v) is 2.91. The minimum Gasteiger partial charge on any atom is -0.377 e. The van der Waals surface area contributed by atoms with Crippen molar-refractivity contribution < 1.29 is 0 Å². The Bertz CT molecular complexity index is 327. The quantitative estimate of drug-likeness (QED) is 0.787. The number of para-hydroxylation sites is 1. The zero-order chi connectivity index (χ0) is 10.2. The molecule has 2 rings (SSSR count). The lowest BCUT2D eigenvalue weighted by atomic mass is 10.0. The van der Waals surface area contributed by atoms with Crippen LogP contribution in [0, 0.1) is 0 Å². The summed E-state index contributed by atoms with van der Waals surface area (Å²) < 4.78 is 0. The predicted molar refractivity (Wildman–Crippen MR) is 60.6 cm³/mol. The van der Waals surface area contributed by atoms with Gasteiger partial charge in [-0.05, 0) is 30.9 Å². The summed E-state index contributed by atoms with van der Waals surface area (Å²) in [7, 11) is 4.16. The van der Waals surface area contributed by atoms with E-state index in [1.165, 1.54) is 24.1 Å². The van der Waals surface area contributed by atoms with Gasteiger partial charge in [-0.2, -0.15) is 0 Å². The molecule has 76 valence electrons. The Hall–Kier alpha value is -1.02. The summed E-state index contributed by atoms with van der Waals surface area (Å²) in [5.41, 5.74) is 8.90. The van der Waals surface area contributed by atoms with Crippen molar-refractivity contribution in [3.63, 3.8) is 0 Å². The molecule has 0 atom stereocenters. The van der Waals surface area contributed by atoms with Crippen LogP contribution in [0.4, 0.5) is 5.69 Å². The Morgan fingerprint density at radius 2 is 1.93 bits per heavy atom. The van der Waals surface area contributed by atoms with Crippen LogP contribution in [0.15, 0.2) is 24.3 Å². The van der Waals surface area contributed by atoms with E-state index in [0.29, 0.717) is 0 Å². The molecule has 1 fully saturated rings. The third-order valence-electron chi connectivity index (χ3n) is 2.91. The topological polar surface area (TPSA) is 29.3 Å². The van der Waals surface area contributed by atoms with E-state index in [-0.39, 0.29) is 5.54 Å². The molecule has 0 spiro atoms.